The van der Waals surface area contributed by atoms with Crippen LogP contribution in [0, 0.1) is 17.7 Å². The molecule has 5 atom stereocenters. The summed E-state index contributed by atoms with van der Waals surface area (Å²) in [6.07, 6.45) is 3.46. The maximum Gasteiger partial charge on any atom is 0.225 e. The number of likely N-dealkylation sites (tertiary alicyclic amines) is 1. The van der Waals surface area contributed by atoms with Crippen molar-refractivity contribution >= 4 is 17.5 Å². The molecule has 1 amide bonds. The summed E-state index contributed by atoms with van der Waals surface area (Å²) in [7, 11) is 1.65. The third-order valence-electron chi connectivity index (χ3n) is 8.08. The predicted molar refractivity (Wildman–Crippen MR) is 142 cm³/mol. The number of unbranched alkanes of at least 4 members (excludes halogenated alkanes) is 1. The first-order valence-corrected chi connectivity index (χ1v) is 13.6. The van der Waals surface area contributed by atoms with Crippen molar-refractivity contribution in [3.63, 3.8) is 0 Å². The molecule has 4 rings (SSSR count). The van der Waals surface area contributed by atoms with Gasteiger partial charge in [0.1, 0.15) is 5.82 Å². The SMILES string of the molecule is COCCCC[C@@](O)(c1cccc(F)c1-c1cccc(Cl)c1)C1CCCN(C(=O)[C@H]2C[C@@H](N)[C@@H](O)C2)C1. The molecule has 2 aliphatic rings. The topological polar surface area (TPSA) is 96.0 Å². The molecule has 6 nitrogen and oxygen atoms in total. The normalized spacial score (nSPS) is 25.7. The third kappa shape index (κ3) is 6.18. The number of carbonyl (C=O) groups excluding carboxylic acids is 1. The number of carbonyl (C=O) groups is 1. The molecular weight excluding hydrogens is 495 g/mol. The minimum atomic E-state index is -1.36. The smallest absolute Gasteiger partial charge is 0.225 e. The van der Waals surface area contributed by atoms with Crippen LogP contribution in [-0.2, 0) is 15.1 Å². The van der Waals surface area contributed by atoms with Gasteiger partial charge in [0, 0.05) is 55.3 Å². The number of nitrogens with zero attached hydrogens (tertiary/aromatic N) is 1. The van der Waals surface area contributed by atoms with Crippen molar-refractivity contribution in [3.05, 3.63) is 58.9 Å². The number of piperidine rings is 1. The van der Waals surface area contributed by atoms with Crippen LogP contribution in [0.2, 0.25) is 5.02 Å². The Bertz CT molecular complexity index is 1080. The molecule has 4 N–H and O–H groups in total. The Morgan fingerprint density at radius 3 is 2.73 bits per heavy atom. The molecule has 0 bridgehead atoms. The van der Waals surface area contributed by atoms with E-state index in [1.807, 2.05) is 4.90 Å². The summed E-state index contributed by atoms with van der Waals surface area (Å²) in [5, 5.41) is 23.0. The first-order chi connectivity index (χ1) is 17.7. The van der Waals surface area contributed by atoms with Crippen molar-refractivity contribution in [1.29, 1.82) is 0 Å². The minimum absolute atomic E-state index is 0.0206. The molecule has 1 saturated carbocycles. The average molecular weight is 533 g/mol. The fourth-order valence-electron chi connectivity index (χ4n) is 6.10. The number of nitrogens with two attached hydrogens (primary N) is 1. The Hall–Kier alpha value is -2.03. The second-order valence-electron chi connectivity index (χ2n) is 10.6. The lowest BCUT2D eigenvalue weighted by Crippen LogP contribution is -2.49. The summed E-state index contributed by atoms with van der Waals surface area (Å²) in [5.74, 6) is -1.04. The summed E-state index contributed by atoms with van der Waals surface area (Å²) in [6, 6.07) is 11.4. The quantitative estimate of drug-likeness (QED) is 0.414. The summed E-state index contributed by atoms with van der Waals surface area (Å²) in [4.78, 5) is 15.2. The van der Waals surface area contributed by atoms with Crippen LogP contribution in [0.3, 0.4) is 0 Å². The van der Waals surface area contributed by atoms with Gasteiger partial charge in [0.05, 0.1) is 11.7 Å². The number of hydrogen-bond donors (Lipinski definition) is 3. The van der Waals surface area contributed by atoms with Gasteiger partial charge >= 0.3 is 0 Å². The number of hydrogen-bond acceptors (Lipinski definition) is 5. The predicted octanol–water partition coefficient (Wildman–Crippen LogP) is 4.49. The molecule has 202 valence electrons. The molecule has 2 aromatic carbocycles. The van der Waals surface area contributed by atoms with Gasteiger partial charge in [-0.05, 0) is 74.3 Å². The van der Waals surface area contributed by atoms with Crippen molar-refractivity contribution in [2.45, 2.75) is 62.7 Å². The van der Waals surface area contributed by atoms with Crippen LogP contribution in [-0.4, -0.2) is 60.0 Å². The van der Waals surface area contributed by atoms with Crippen LogP contribution in [0.15, 0.2) is 42.5 Å². The molecule has 2 aromatic rings. The number of ether oxygens (including phenoxy) is 1. The number of aliphatic hydroxyl groups is 2. The Labute approximate surface area is 223 Å². The maximum atomic E-state index is 15.4. The van der Waals surface area contributed by atoms with E-state index in [2.05, 4.69) is 0 Å². The van der Waals surface area contributed by atoms with E-state index in [1.54, 1.807) is 43.5 Å². The van der Waals surface area contributed by atoms with Gasteiger partial charge in [0.25, 0.3) is 0 Å². The van der Waals surface area contributed by atoms with Crippen LogP contribution in [0.1, 0.15) is 50.5 Å². The van der Waals surface area contributed by atoms with Crippen molar-refractivity contribution in [2.75, 3.05) is 26.8 Å². The molecule has 0 aromatic heterocycles. The molecule has 37 heavy (non-hydrogen) atoms. The lowest BCUT2D eigenvalue weighted by Gasteiger charge is -2.44. The highest BCUT2D eigenvalue weighted by Gasteiger charge is 2.44. The van der Waals surface area contributed by atoms with E-state index in [-0.39, 0.29) is 23.8 Å². The second-order valence-corrected chi connectivity index (χ2v) is 11.0. The van der Waals surface area contributed by atoms with Crippen LogP contribution >= 0.6 is 11.6 Å². The number of aliphatic hydroxyl groups excluding tert-OH is 1. The van der Waals surface area contributed by atoms with Crippen molar-refractivity contribution < 1.29 is 24.1 Å². The Balaban J connectivity index is 1.68. The average Bonchev–Trinajstić information content (AvgIpc) is 3.23. The van der Waals surface area contributed by atoms with Gasteiger partial charge in [0.2, 0.25) is 5.91 Å². The fraction of sp³-hybridized carbons (Fsp3) is 0.552. The Kier molecular flexibility index (Phi) is 9.24. The Morgan fingerprint density at radius 1 is 1.24 bits per heavy atom. The van der Waals surface area contributed by atoms with E-state index in [9.17, 15) is 15.0 Å². The van der Waals surface area contributed by atoms with Crippen molar-refractivity contribution in [2.24, 2.45) is 17.6 Å². The highest BCUT2D eigenvalue weighted by molar-refractivity contribution is 6.30. The van der Waals surface area contributed by atoms with Crippen LogP contribution < -0.4 is 5.73 Å². The van der Waals surface area contributed by atoms with Crippen LogP contribution in [0.5, 0.6) is 0 Å². The van der Waals surface area contributed by atoms with E-state index in [4.69, 9.17) is 22.1 Å². The second kappa shape index (κ2) is 12.2. The molecule has 8 heteroatoms. The van der Waals surface area contributed by atoms with Gasteiger partial charge in [-0.2, -0.15) is 0 Å². The van der Waals surface area contributed by atoms with Crippen molar-refractivity contribution in [1.82, 2.24) is 4.90 Å². The monoisotopic (exact) mass is 532 g/mol. The number of amides is 1. The lowest BCUT2D eigenvalue weighted by atomic mass is 9.72. The molecule has 1 aliphatic heterocycles. The molecule has 1 aliphatic carbocycles. The van der Waals surface area contributed by atoms with Gasteiger partial charge in [0.15, 0.2) is 0 Å². The first kappa shape index (κ1) is 28.0. The number of benzene rings is 2. The maximum absolute atomic E-state index is 15.4. The third-order valence-corrected chi connectivity index (χ3v) is 8.32. The van der Waals surface area contributed by atoms with E-state index >= 15 is 4.39 Å². The molecule has 1 heterocycles. The largest absolute Gasteiger partial charge is 0.391 e. The molecular formula is C29H38ClFN2O4. The fourth-order valence-corrected chi connectivity index (χ4v) is 6.29. The molecule has 0 radical (unpaired) electrons. The number of halogens is 2. The van der Waals surface area contributed by atoms with Gasteiger partial charge in [-0.1, -0.05) is 35.9 Å². The van der Waals surface area contributed by atoms with Crippen LogP contribution in [0.25, 0.3) is 11.1 Å². The minimum Gasteiger partial charge on any atom is -0.391 e. The molecule has 0 spiro atoms. The van der Waals surface area contributed by atoms with Gasteiger partial charge in [-0.3, -0.25) is 4.79 Å². The van der Waals surface area contributed by atoms with Gasteiger partial charge in [-0.25, -0.2) is 4.39 Å². The lowest BCUT2D eigenvalue weighted by molar-refractivity contribution is -0.141. The van der Waals surface area contributed by atoms with Crippen molar-refractivity contribution in [3.8, 4) is 11.1 Å². The first-order valence-electron chi connectivity index (χ1n) is 13.2. The zero-order valence-electron chi connectivity index (χ0n) is 21.4. The number of rotatable bonds is 9. The summed E-state index contributed by atoms with van der Waals surface area (Å²) < 4.78 is 20.6. The van der Waals surface area contributed by atoms with E-state index < -0.39 is 17.5 Å². The van der Waals surface area contributed by atoms with E-state index in [1.165, 1.54) is 6.07 Å². The zero-order valence-corrected chi connectivity index (χ0v) is 22.2. The summed E-state index contributed by atoms with van der Waals surface area (Å²) in [5.41, 5.74) is 6.07. The standard InChI is InChI=1S/C29H38ClFN2O4/c1-37-14-3-2-12-29(36,23-10-5-11-24(31)27(23)19-7-4-9-22(30)15-19)21-8-6-13-33(18-21)28(35)20-16-25(32)26(34)17-20/h4-5,7,9-11,15,20-21,25-26,34,36H,2-3,6,8,12-14,16-18,32H2,1H3/t20-,21?,25+,26-,29-/m0/s1. The van der Waals surface area contributed by atoms with Crippen LogP contribution in [0.4, 0.5) is 4.39 Å². The highest BCUT2D eigenvalue weighted by atomic mass is 35.5. The van der Waals surface area contributed by atoms with E-state index in [0.29, 0.717) is 73.5 Å². The summed E-state index contributed by atoms with van der Waals surface area (Å²) in [6.45, 7) is 1.54. The summed E-state index contributed by atoms with van der Waals surface area (Å²) >= 11 is 6.25. The molecule has 1 saturated heterocycles. The van der Waals surface area contributed by atoms with Gasteiger partial charge < -0.3 is 25.6 Å². The Morgan fingerprint density at radius 2 is 2.03 bits per heavy atom. The molecule has 1 unspecified atom stereocenters. The molecule has 2 fully saturated rings. The highest BCUT2D eigenvalue weighted by Crippen LogP contribution is 2.45. The van der Waals surface area contributed by atoms with Gasteiger partial charge in [-0.15, -0.1) is 0 Å². The zero-order chi connectivity index (χ0) is 26.6. The number of methoxy groups -OCH3 is 1. The van der Waals surface area contributed by atoms with E-state index in [0.717, 1.165) is 12.8 Å².